The van der Waals surface area contributed by atoms with E-state index < -0.39 is 0 Å². The number of anilines is 1. The van der Waals surface area contributed by atoms with Crippen molar-refractivity contribution in [1.82, 2.24) is 4.90 Å². The first-order valence-electron chi connectivity index (χ1n) is 10.2. The Morgan fingerprint density at radius 3 is 2.58 bits per heavy atom. The molecule has 1 atom stereocenters. The van der Waals surface area contributed by atoms with Crippen LogP contribution in [0.4, 0.5) is 5.69 Å². The fourth-order valence-corrected chi connectivity index (χ4v) is 3.80. The number of hydrogen-bond acceptors (Lipinski definition) is 4. The highest BCUT2D eigenvalue weighted by molar-refractivity contribution is 6.01. The average Bonchev–Trinajstić information content (AvgIpc) is 3.34. The average molecular weight is 410 g/mol. The van der Waals surface area contributed by atoms with Crippen LogP contribution in [0, 0.1) is 0 Å². The lowest BCUT2D eigenvalue weighted by atomic mass is 10.0. The first kappa shape index (κ1) is 19.0. The zero-order valence-corrected chi connectivity index (χ0v) is 16.9. The Bertz CT molecular complexity index is 1170. The van der Waals surface area contributed by atoms with Crippen LogP contribution in [0.1, 0.15) is 33.4 Å². The number of nitrogens with one attached hydrogen (secondary N) is 1. The summed E-state index contributed by atoms with van der Waals surface area (Å²) in [5, 5.41) is 3.52. The van der Waals surface area contributed by atoms with Gasteiger partial charge in [-0.05, 0) is 47.5 Å². The van der Waals surface area contributed by atoms with E-state index in [1.807, 2.05) is 91.0 Å². The lowest BCUT2D eigenvalue weighted by Crippen LogP contribution is -2.42. The van der Waals surface area contributed by atoms with Crippen molar-refractivity contribution in [3.8, 4) is 5.75 Å². The van der Waals surface area contributed by atoms with Crippen LogP contribution in [0.25, 0.3) is 0 Å². The third kappa shape index (κ3) is 4.03. The molecule has 0 bridgehead atoms. The number of para-hydroxylation sites is 1. The standard InChI is InChI=1S/C26H22N2O3/c29-26-23-13-4-5-14-24(23)27-25(28(26)17-22-12-7-15-30-22)20-10-6-11-21(16-20)31-18-19-8-2-1-3-9-19/h1-16,25,27H,17-18H2. The Hall–Kier alpha value is -3.99. The molecule has 1 aliphatic heterocycles. The van der Waals surface area contributed by atoms with Crippen LogP contribution in [0.5, 0.6) is 5.75 Å². The first-order chi connectivity index (χ1) is 15.3. The highest BCUT2D eigenvalue weighted by Crippen LogP contribution is 2.35. The van der Waals surface area contributed by atoms with E-state index in [0.717, 1.165) is 28.3 Å². The van der Waals surface area contributed by atoms with Gasteiger partial charge in [-0.15, -0.1) is 0 Å². The zero-order chi connectivity index (χ0) is 21.0. The molecule has 1 aromatic heterocycles. The molecule has 154 valence electrons. The number of hydrogen-bond donors (Lipinski definition) is 1. The Kier molecular flexibility index (Phi) is 5.15. The van der Waals surface area contributed by atoms with E-state index >= 15 is 0 Å². The predicted octanol–water partition coefficient (Wildman–Crippen LogP) is 5.63. The normalized spacial score (nSPS) is 15.3. The van der Waals surface area contributed by atoms with Crippen molar-refractivity contribution in [2.75, 3.05) is 5.32 Å². The van der Waals surface area contributed by atoms with Gasteiger partial charge in [-0.3, -0.25) is 4.79 Å². The van der Waals surface area contributed by atoms with Crippen LogP contribution in [0.15, 0.2) is 102 Å². The maximum atomic E-state index is 13.3. The van der Waals surface area contributed by atoms with E-state index in [1.54, 1.807) is 11.2 Å². The maximum Gasteiger partial charge on any atom is 0.258 e. The topological polar surface area (TPSA) is 54.7 Å². The number of fused-ring (bicyclic) bond motifs is 1. The molecule has 4 aromatic rings. The number of nitrogens with zero attached hydrogens (tertiary/aromatic N) is 1. The summed E-state index contributed by atoms with van der Waals surface area (Å²) in [6.45, 7) is 0.854. The Morgan fingerprint density at radius 1 is 0.903 bits per heavy atom. The molecule has 0 fully saturated rings. The van der Waals surface area contributed by atoms with Gasteiger partial charge in [0.2, 0.25) is 0 Å². The first-order valence-corrected chi connectivity index (χ1v) is 10.2. The third-order valence-electron chi connectivity index (χ3n) is 5.35. The minimum atomic E-state index is -0.340. The number of carbonyl (C=O) groups excluding carboxylic acids is 1. The molecule has 31 heavy (non-hydrogen) atoms. The van der Waals surface area contributed by atoms with Gasteiger partial charge in [-0.1, -0.05) is 54.6 Å². The molecular weight excluding hydrogens is 388 g/mol. The maximum absolute atomic E-state index is 13.3. The largest absolute Gasteiger partial charge is 0.489 e. The molecular formula is C26H22N2O3. The zero-order valence-electron chi connectivity index (χ0n) is 16.9. The number of carbonyl (C=O) groups is 1. The van der Waals surface area contributed by atoms with Gasteiger partial charge >= 0.3 is 0 Å². The molecule has 0 saturated carbocycles. The van der Waals surface area contributed by atoms with Gasteiger partial charge in [0.05, 0.1) is 18.4 Å². The molecule has 3 aromatic carbocycles. The molecule has 1 N–H and O–H groups in total. The quantitative estimate of drug-likeness (QED) is 0.448. The highest BCUT2D eigenvalue weighted by Gasteiger charge is 2.33. The summed E-state index contributed by atoms with van der Waals surface area (Å²) in [5.74, 6) is 1.45. The summed E-state index contributed by atoms with van der Waals surface area (Å²) in [4.78, 5) is 15.1. The summed E-state index contributed by atoms with van der Waals surface area (Å²) >= 11 is 0. The van der Waals surface area contributed by atoms with Crippen molar-refractivity contribution < 1.29 is 13.9 Å². The second-order valence-electron chi connectivity index (χ2n) is 7.45. The third-order valence-corrected chi connectivity index (χ3v) is 5.35. The lowest BCUT2D eigenvalue weighted by molar-refractivity contribution is 0.0651. The Morgan fingerprint density at radius 2 is 1.74 bits per heavy atom. The van der Waals surface area contributed by atoms with Crippen molar-refractivity contribution in [1.29, 1.82) is 0 Å². The van der Waals surface area contributed by atoms with Crippen molar-refractivity contribution >= 4 is 11.6 Å². The van der Waals surface area contributed by atoms with Gasteiger partial charge < -0.3 is 19.4 Å². The van der Waals surface area contributed by atoms with Crippen LogP contribution in [0.3, 0.4) is 0 Å². The molecule has 1 amide bonds. The van der Waals surface area contributed by atoms with E-state index in [0.29, 0.717) is 18.7 Å². The summed E-state index contributed by atoms with van der Waals surface area (Å²) in [6.07, 6.45) is 1.28. The van der Waals surface area contributed by atoms with Crippen LogP contribution in [0.2, 0.25) is 0 Å². The second kappa shape index (κ2) is 8.40. The van der Waals surface area contributed by atoms with Crippen LogP contribution < -0.4 is 10.1 Å². The molecule has 0 spiro atoms. The monoisotopic (exact) mass is 410 g/mol. The van der Waals surface area contributed by atoms with Gasteiger partial charge in [-0.25, -0.2) is 0 Å². The molecule has 1 aliphatic rings. The summed E-state index contributed by atoms with van der Waals surface area (Å²) in [6, 6.07) is 29.2. The van der Waals surface area contributed by atoms with Crippen molar-refractivity contribution in [2.24, 2.45) is 0 Å². The van der Waals surface area contributed by atoms with Gasteiger partial charge in [0.1, 0.15) is 24.3 Å². The highest BCUT2D eigenvalue weighted by atomic mass is 16.5. The molecule has 2 heterocycles. The van der Waals surface area contributed by atoms with E-state index in [1.165, 1.54) is 0 Å². The molecule has 0 aliphatic carbocycles. The number of rotatable bonds is 6. The van der Waals surface area contributed by atoms with Crippen LogP contribution in [-0.4, -0.2) is 10.8 Å². The van der Waals surface area contributed by atoms with E-state index in [2.05, 4.69) is 5.32 Å². The van der Waals surface area contributed by atoms with E-state index in [-0.39, 0.29) is 12.1 Å². The smallest absolute Gasteiger partial charge is 0.258 e. The fraction of sp³-hybridized carbons (Fsp3) is 0.115. The van der Waals surface area contributed by atoms with Gasteiger partial charge in [-0.2, -0.15) is 0 Å². The van der Waals surface area contributed by atoms with E-state index in [4.69, 9.17) is 9.15 Å². The number of amides is 1. The van der Waals surface area contributed by atoms with Crippen LogP contribution >= 0.6 is 0 Å². The Balaban J connectivity index is 1.44. The number of benzene rings is 3. The van der Waals surface area contributed by atoms with Gasteiger partial charge in [0.15, 0.2) is 0 Å². The molecule has 0 radical (unpaired) electrons. The molecule has 1 unspecified atom stereocenters. The van der Waals surface area contributed by atoms with Crippen molar-refractivity contribution in [3.05, 3.63) is 120 Å². The molecule has 0 saturated heterocycles. The van der Waals surface area contributed by atoms with Crippen molar-refractivity contribution in [2.45, 2.75) is 19.3 Å². The number of furan rings is 1. The minimum Gasteiger partial charge on any atom is -0.489 e. The lowest BCUT2D eigenvalue weighted by Gasteiger charge is -2.37. The molecule has 5 heteroatoms. The van der Waals surface area contributed by atoms with E-state index in [9.17, 15) is 4.79 Å². The SMILES string of the molecule is O=C1c2ccccc2NC(c2cccc(OCc3ccccc3)c2)N1Cc1ccco1. The summed E-state index contributed by atoms with van der Waals surface area (Å²) < 4.78 is 11.5. The predicted molar refractivity (Wildman–Crippen MR) is 119 cm³/mol. The molecule has 5 nitrogen and oxygen atoms in total. The van der Waals surface area contributed by atoms with Gasteiger partial charge in [0.25, 0.3) is 5.91 Å². The number of ether oxygens (including phenoxy) is 1. The summed E-state index contributed by atoms with van der Waals surface area (Å²) in [5.41, 5.74) is 3.53. The Labute approximate surface area is 180 Å². The minimum absolute atomic E-state index is 0.0358. The van der Waals surface area contributed by atoms with Crippen molar-refractivity contribution in [3.63, 3.8) is 0 Å². The molecule has 5 rings (SSSR count). The van der Waals surface area contributed by atoms with Crippen LogP contribution in [-0.2, 0) is 13.2 Å². The summed E-state index contributed by atoms with van der Waals surface area (Å²) in [7, 11) is 0. The van der Waals surface area contributed by atoms with Gasteiger partial charge in [0, 0.05) is 5.69 Å². The fourth-order valence-electron chi connectivity index (χ4n) is 3.80. The second-order valence-corrected chi connectivity index (χ2v) is 7.45.